The summed E-state index contributed by atoms with van der Waals surface area (Å²) in [5.41, 5.74) is 2.54. The molecule has 0 radical (unpaired) electrons. The number of anilines is 1. The quantitative estimate of drug-likeness (QED) is 0.857. The van der Waals surface area contributed by atoms with Gasteiger partial charge in [-0.05, 0) is 44.4 Å². The molecular weight excluding hydrogens is 342 g/mol. The van der Waals surface area contributed by atoms with E-state index in [2.05, 4.69) is 41.0 Å². The van der Waals surface area contributed by atoms with Gasteiger partial charge in [-0.2, -0.15) is 0 Å². The Morgan fingerprint density at radius 3 is 2.56 bits per heavy atom. The van der Waals surface area contributed by atoms with E-state index < -0.39 is 11.9 Å². The second-order valence-electron chi connectivity index (χ2n) is 7.83. The lowest BCUT2D eigenvalue weighted by atomic mass is 9.90. The molecule has 27 heavy (non-hydrogen) atoms. The van der Waals surface area contributed by atoms with Crippen molar-refractivity contribution in [3.05, 3.63) is 29.8 Å². The molecule has 1 aromatic carbocycles. The zero-order chi connectivity index (χ0) is 19.4. The van der Waals surface area contributed by atoms with Crippen molar-refractivity contribution < 1.29 is 14.7 Å². The monoisotopic (exact) mass is 373 g/mol. The predicted molar refractivity (Wildman–Crippen MR) is 106 cm³/mol. The Morgan fingerprint density at radius 1 is 1.15 bits per heavy atom. The van der Waals surface area contributed by atoms with Crippen LogP contribution in [-0.4, -0.2) is 72.1 Å². The molecule has 1 amide bonds. The van der Waals surface area contributed by atoms with E-state index >= 15 is 0 Å². The van der Waals surface area contributed by atoms with Gasteiger partial charge in [0, 0.05) is 57.4 Å². The maximum absolute atomic E-state index is 12.6. The van der Waals surface area contributed by atoms with Crippen LogP contribution in [0.5, 0.6) is 0 Å². The van der Waals surface area contributed by atoms with E-state index in [1.54, 1.807) is 4.90 Å². The first-order valence-electron chi connectivity index (χ1n) is 10.0. The van der Waals surface area contributed by atoms with Crippen LogP contribution in [0, 0.1) is 12.8 Å². The molecule has 3 rings (SSSR count). The molecular formula is C21H31N3O3. The van der Waals surface area contributed by atoms with Gasteiger partial charge in [-0.3, -0.25) is 14.5 Å². The Morgan fingerprint density at radius 2 is 1.89 bits per heavy atom. The zero-order valence-electron chi connectivity index (χ0n) is 16.4. The number of carbonyl (C=O) groups is 2. The van der Waals surface area contributed by atoms with Gasteiger partial charge in [0.1, 0.15) is 0 Å². The van der Waals surface area contributed by atoms with Crippen molar-refractivity contribution in [1.29, 1.82) is 0 Å². The topological polar surface area (TPSA) is 64.1 Å². The fraction of sp³-hybridized carbons (Fsp3) is 0.619. The lowest BCUT2D eigenvalue weighted by Gasteiger charge is -2.39. The molecule has 1 aromatic rings. The summed E-state index contributed by atoms with van der Waals surface area (Å²) in [5, 5.41) is 9.33. The number of carboxylic acids is 1. The van der Waals surface area contributed by atoms with Crippen LogP contribution in [0.1, 0.15) is 31.7 Å². The summed E-state index contributed by atoms with van der Waals surface area (Å²) in [5.74, 6) is -1.12. The number of piperidine rings is 1. The van der Waals surface area contributed by atoms with Gasteiger partial charge < -0.3 is 14.9 Å². The average molecular weight is 373 g/mol. The summed E-state index contributed by atoms with van der Waals surface area (Å²) in [6, 6.07) is 8.38. The number of piperazine rings is 1. The summed E-state index contributed by atoms with van der Waals surface area (Å²) in [4.78, 5) is 30.5. The predicted octanol–water partition coefficient (Wildman–Crippen LogP) is 2.22. The number of carboxylic acid groups (broad SMARTS) is 1. The van der Waals surface area contributed by atoms with E-state index in [9.17, 15) is 14.7 Å². The number of rotatable bonds is 5. The SMILES string of the molecule is Cc1cccc(N2CCN(CCC(=O)N3CCC[C@@H](C(=O)O)[C@H]3C)CC2)c1. The van der Waals surface area contributed by atoms with Gasteiger partial charge in [-0.15, -0.1) is 0 Å². The molecule has 0 aliphatic carbocycles. The van der Waals surface area contributed by atoms with Crippen molar-refractivity contribution in [3.8, 4) is 0 Å². The van der Waals surface area contributed by atoms with E-state index in [1.807, 2.05) is 6.92 Å². The molecule has 2 fully saturated rings. The number of aliphatic carboxylic acids is 1. The third kappa shape index (κ3) is 4.80. The second kappa shape index (κ2) is 8.74. The van der Waals surface area contributed by atoms with Crippen molar-refractivity contribution in [2.24, 2.45) is 5.92 Å². The lowest BCUT2D eigenvalue weighted by molar-refractivity contribution is -0.149. The summed E-state index contributed by atoms with van der Waals surface area (Å²) in [6.07, 6.45) is 1.92. The molecule has 2 aliphatic rings. The molecule has 2 heterocycles. The standard InChI is InChI=1S/C21H31N3O3/c1-16-5-3-6-18(15-16)23-13-11-22(12-14-23)10-8-20(25)24-9-4-7-19(17(24)2)21(26)27/h3,5-6,15,17,19H,4,7-14H2,1-2H3,(H,26,27)/t17-,19-/m1/s1. The first-order chi connectivity index (χ1) is 13.0. The molecule has 6 nitrogen and oxygen atoms in total. The number of benzene rings is 1. The highest BCUT2D eigenvalue weighted by Gasteiger charge is 2.35. The Kier molecular flexibility index (Phi) is 6.37. The largest absolute Gasteiger partial charge is 0.481 e. The van der Waals surface area contributed by atoms with E-state index in [-0.39, 0.29) is 11.9 Å². The number of amides is 1. The minimum atomic E-state index is -0.785. The van der Waals surface area contributed by atoms with Crippen LogP contribution in [-0.2, 0) is 9.59 Å². The van der Waals surface area contributed by atoms with Crippen molar-refractivity contribution in [3.63, 3.8) is 0 Å². The van der Waals surface area contributed by atoms with Crippen LogP contribution in [0.4, 0.5) is 5.69 Å². The van der Waals surface area contributed by atoms with Crippen molar-refractivity contribution in [1.82, 2.24) is 9.80 Å². The minimum absolute atomic E-state index is 0.0922. The van der Waals surface area contributed by atoms with Gasteiger partial charge in [0.25, 0.3) is 0 Å². The number of aryl methyl sites for hydroxylation is 1. The second-order valence-corrected chi connectivity index (χ2v) is 7.83. The molecule has 2 saturated heterocycles. The van der Waals surface area contributed by atoms with Crippen LogP contribution in [0.25, 0.3) is 0 Å². The molecule has 2 atom stereocenters. The average Bonchev–Trinajstić information content (AvgIpc) is 2.66. The Hall–Kier alpha value is -2.08. The van der Waals surface area contributed by atoms with E-state index in [1.165, 1.54) is 11.3 Å². The lowest BCUT2D eigenvalue weighted by Crippen LogP contribution is -2.51. The fourth-order valence-electron chi connectivity index (χ4n) is 4.28. The first kappa shape index (κ1) is 19.7. The highest BCUT2D eigenvalue weighted by molar-refractivity contribution is 5.78. The van der Waals surface area contributed by atoms with Gasteiger partial charge in [-0.1, -0.05) is 12.1 Å². The van der Waals surface area contributed by atoms with Crippen LogP contribution in [0.3, 0.4) is 0 Å². The molecule has 2 aliphatic heterocycles. The van der Waals surface area contributed by atoms with Gasteiger partial charge in [-0.25, -0.2) is 0 Å². The van der Waals surface area contributed by atoms with Gasteiger partial charge in [0.15, 0.2) is 0 Å². The van der Waals surface area contributed by atoms with E-state index in [0.717, 1.165) is 39.1 Å². The minimum Gasteiger partial charge on any atom is -0.481 e. The number of nitrogens with zero attached hydrogens (tertiary/aromatic N) is 3. The van der Waals surface area contributed by atoms with Crippen LogP contribution in [0.15, 0.2) is 24.3 Å². The number of hydrogen-bond acceptors (Lipinski definition) is 4. The molecule has 0 spiro atoms. The van der Waals surface area contributed by atoms with Crippen LogP contribution >= 0.6 is 0 Å². The molecule has 1 N–H and O–H groups in total. The third-order valence-corrected chi connectivity index (χ3v) is 6.01. The Bertz CT molecular complexity index is 670. The number of hydrogen-bond donors (Lipinski definition) is 1. The zero-order valence-corrected chi connectivity index (χ0v) is 16.4. The van der Waals surface area contributed by atoms with Gasteiger partial charge in [0.05, 0.1) is 5.92 Å². The summed E-state index contributed by atoms with van der Waals surface area (Å²) >= 11 is 0. The maximum atomic E-state index is 12.6. The molecule has 0 aromatic heterocycles. The summed E-state index contributed by atoms with van der Waals surface area (Å²) < 4.78 is 0. The third-order valence-electron chi connectivity index (χ3n) is 6.01. The summed E-state index contributed by atoms with van der Waals surface area (Å²) in [7, 11) is 0. The first-order valence-corrected chi connectivity index (χ1v) is 10.0. The van der Waals surface area contributed by atoms with Crippen molar-refractivity contribution in [2.45, 2.75) is 39.2 Å². The van der Waals surface area contributed by atoms with E-state index in [4.69, 9.17) is 0 Å². The molecule has 6 heteroatoms. The molecule has 0 bridgehead atoms. The summed E-state index contributed by atoms with van der Waals surface area (Å²) in [6.45, 7) is 9.27. The highest BCUT2D eigenvalue weighted by Crippen LogP contribution is 2.24. The molecule has 148 valence electrons. The molecule has 0 unspecified atom stereocenters. The number of carbonyl (C=O) groups excluding carboxylic acids is 1. The Balaban J connectivity index is 1.46. The van der Waals surface area contributed by atoms with Crippen LogP contribution in [0.2, 0.25) is 0 Å². The van der Waals surface area contributed by atoms with Crippen molar-refractivity contribution in [2.75, 3.05) is 44.2 Å². The van der Waals surface area contributed by atoms with Crippen LogP contribution < -0.4 is 4.90 Å². The van der Waals surface area contributed by atoms with Gasteiger partial charge >= 0.3 is 5.97 Å². The number of likely N-dealkylation sites (tertiary alicyclic amines) is 1. The van der Waals surface area contributed by atoms with Crippen molar-refractivity contribution >= 4 is 17.6 Å². The van der Waals surface area contributed by atoms with E-state index in [0.29, 0.717) is 19.4 Å². The van der Waals surface area contributed by atoms with Gasteiger partial charge in [0.2, 0.25) is 5.91 Å². The Labute approximate surface area is 161 Å². The molecule has 0 saturated carbocycles. The fourth-order valence-corrected chi connectivity index (χ4v) is 4.28. The smallest absolute Gasteiger partial charge is 0.308 e. The normalized spacial score (nSPS) is 24.1. The highest BCUT2D eigenvalue weighted by atomic mass is 16.4. The maximum Gasteiger partial charge on any atom is 0.308 e.